The van der Waals surface area contributed by atoms with Crippen LogP contribution >= 0.6 is 0 Å². The average Bonchev–Trinajstić information content (AvgIpc) is 3.52. The zero-order valence-electron chi connectivity index (χ0n) is 22.9. The third kappa shape index (κ3) is 6.23. The molecule has 9 nitrogen and oxygen atoms in total. The highest BCUT2D eigenvalue weighted by molar-refractivity contribution is 6.10. The molecule has 2 saturated heterocycles. The maximum Gasteiger partial charge on any atom is 0.255 e. The monoisotopic (exact) mass is 557 g/mol. The van der Waals surface area contributed by atoms with Gasteiger partial charge < -0.3 is 29.3 Å². The van der Waals surface area contributed by atoms with Crippen LogP contribution in [-0.2, 0) is 9.47 Å². The van der Waals surface area contributed by atoms with Crippen molar-refractivity contribution in [2.75, 3.05) is 55.0 Å². The van der Waals surface area contributed by atoms with Gasteiger partial charge in [0.25, 0.3) is 5.91 Å². The number of hydrogen-bond donors (Lipinski definition) is 1. The van der Waals surface area contributed by atoms with Gasteiger partial charge in [-0.3, -0.25) is 4.79 Å². The number of halogens is 1. The van der Waals surface area contributed by atoms with Gasteiger partial charge in [-0.1, -0.05) is 24.3 Å². The van der Waals surface area contributed by atoms with E-state index in [0.717, 1.165) is 42.4 Å². The third-order valence-corrected chi connectivity index (χ3v) is 7.29. The van der Waals surface area contributed by atoms with Crippen molar-refractivity contribution in [1.29, 1.82) is 0 Å². The van der Waals surface area contributed by atoms with Gasteiger partial charge in [0, 0.05) is 60.1 Å². The van der Waals surface area contributed by atoms with Gasteiger partial charge in [0.2, 0.25) is 11.8 Å². The fourth-order valence-electron chi connectivity index (χ4n) is 5.21. The van der Waals surface area contributed by atoms with Gasteiger partial charge in [0.05, 0.1) is 19.8 Å². The minimum absolute atomic E-state index is 0.279. The summed E-state index contributed by atoms with van der Waals surface area (Å²) in [4.78, 5) is 26.2. The zero-order chi connectivity index (χ0) is 28.2. The van der Waals surface area contributed by atoms with E-state index in [1.807, 2.05) is 36.2 Å². The van der Waals surface area contributed by atoms with Crippen LogP contribution in [0.1, 0.15) is 29.6 Å². The lowest BCUT2D eigenvalue weighted by Crippen LogP contribution is -2.30. The summed E-state index contributed by atoms with van der Waals surface area (Å²) in [6, 6.07) is 17.4. The molecule has 1 aromatic heterocycles. The first-order valence-electron chi connectivity index (χ1n) is 13.9. The van der Waals surface area contributed by atoms with Crippen LogP contribution in [0, 0.1) is 5.82 Å². The summed E-state index contributed by atoms with van der Waals surface area (Å²) in [7, 11) is 1.87. The Morgan fingerprint density at radius 1 is 1.05 bits per heavy atom. The van der Waals surface area contributed by atoms with Crippen molar-refractivity contribution in [3.63, 3.8) is 0 Å². The number of anilines is 3. The number of carbonyl (C=O) groups is 1. The molecule has 0 radical (unpaired) electrons. The summed E-state index contributed by atoms with van der Waals surface area (Å²) in [5.74, 6) is 0.632. The number of rotatable bonds is 8. The van der Waals surface area contributed by atoms with E-state index in [1.54, 1.807) is 30.5 Å². The molecule has 0 atom stereocenters. The molecular formula is C31H32FN5O4. The standard InChI is InChI=1S/C31H32FN5O4/c1-36(20-29-39-15-16-40-29)31-33-12-11-28(35-31)41-27-10-9-26(24-7-3-4-8-25(24)27)34-30(38)21-17-22(32)19-23(18-21)37-13-5-2-6-14-37/h3-4,7-12,17-19,29H,2,5-6,13-16,20H2,1H3,(H,34,38). The predicted octanol–water partition coefficient (Wildman–Crippen LogP) is 5.61. The number of likely N-dealkylation sites (N-methyl/N-ethyl adjacent to an activating group) is 1. The van der Waals surface area contributed by atoms with Crippen LogP contribution in [0.4, 0.5) is 21.7 Å². The van der Waals surface area contributed by atoms with Crippen molar-refractivity contribution < 1.29 is 23.4 Å². The first kappa shape index (κ1) is 26.9. The van der Waals surface area contributed by atoms with E-state index in [-0.39, 0.29) is 17.8 Å². The Balaban J connectivity index is 1.21. The summed E-state index contributed by atoms with van der Waals surface area (Å²) in [5, 5.41) is 4.55. The molecule has 10 heteroatoms. The van der Waals surface area contributed by atoms with E-state index in [9.17, 15) is 9.18 Å². The molecule has 3 aromatic carbocycles. The van der Waals surface area contributed by atoms with E-state index < -0.39 is 5.82 Å². The lowest BCUT2D eigenvalue weighted by Gasteiger charge is -2.29. The largest absolute Gasteiger partial charge is 0.438 e. The summed E-state index contributed by atoms with van der Waals surface area (Å²) < 4.78 is 31.8. The van der Waals surface area contributed by atoms with E-state index in [2.05, 4.69) is 20.2 Å². The fourth-order valence-corrected chi connectivity index (χ4v) is 5.21. The molecule has 0 bridgehead atoms. The Bertz CT molecular complexity index is 1540. The molecule has 0 saturated carbocycles. The number of nitrogens with one attached hydrogen (secondary N) is 1. The first-order chi connectivity index (χ1) is 20.0. The SMILES string of the molecule is CN(CC1OCCO1)c1nccc(Oc2ccc(NC(=O)c3cc(F)cc(N4CCCCC4)c3)c3ccccc23)n1. The lowest BCUT2D eigenvalue weighted by atomic mass is 10.1. The number of carbonyl (C=O) groups excluding carboxylic acids is 1. The van der Waals surface area contributed by atoms with Crippen LogP contribution in [0.15, 0.2) is 66.9 Å². The number of piperidine rings is 1. The molecule has 2 aliphatic heterocycles. The number of amides is 1. The maximum atomic E-state index is 14.5. The van der Waals surface area contributed by atoms with Crippen LogP contribution in [-0.4, -0.2) is 62.1 Å². The van der Waals surface area contributed by atoms with Gasteiger partial charge in [-0.2, -0.15) is 4.98 Å². The molecule has 4 aromatic rings. The quantitative estimate of drug-likeness (QED) is 0.299. The van der Waals surface area contributed by atoms with Crippen LogP contribution in [0.5, 0.6) is 11.6 Å². The van der Waals surface area contributed by atoms with Crippen LogP contribution < -0.4 is 19.9 Å². The molecule has 1 N–H and O–H groups in total. The average molecular weight is 558 g/mol. The van der Waals surface area contributed by atoms with Gasteiger partial charge in [0.15, 0.2) is 6.29 Å². The van der Waals surface area contributed by atoms with Crippen molar-refractivity contribution >= 4 is 34.0 Å². The van der Waals surface area contributed by atoms with Gasteiger partial charge in [0.1, 0.15) is 11.6 Å². The topological polar surface area (TPSA) is 89.1 Å². The van der Waals surface area contributed by atoms with Gasteiger partial charge in [-0.25, -0.2) is 9.37 Å². The molecule has 2 aliphatic rings. The molecule has 2 fully saturated rings. The lowest BCUT2D eigenvalue weighted by molar-refractivity contribution is -0.0338. The molecule has 41 heavy (non-hydrogen) atoms. The molecule has 3 heterocycles. The maximum absolute atomic E-state index is 14.5. The first-order valence-corrected chi connectivity index (χ1v) is 13.9. The number of aromatic nitrogens is 2. The second-order valence-electron chi connectivity index (χ2n) is 10.2. The minimum Gasteiger partial charge on any atom is -0.438 e. The van der Waals surface area contributed by atoms with Crippen molar-refractivity contribution in [2.45, 2.75) is 25.6 Å². The van der Waals surface area contributed by atoms with Gasteiger partial charge in [-0.05, 0) is 49.6 Å². The Morgan fingerprint density at radius 2 is 1.83 bits per heavy atom. The van der Waals surface area contributed by atoms with Crippen molar-refractivity contribution in [3.05, 3.63) is 78.2 Å². The number of ether oxygens (including phenoxy) is 3. The molecule has 0 spiro atoms. The Hall–Kier alpha value is -4.28. The van der Waals surface area contributed by atoms with Crippen LogP contribution in [0.25, 0.3) is 10.8 Å². The van der Waals surface area contributed by atoms with E-state index in [4.69, 9.17) is 14.2 Å². The Morgan fingerprint density at radius 3 is 2.63 bits per heavy atom. The highest BCUT2D eigenvalue weighted by atomic mass is 19.1. The van der Waals surface area contributed by atoms with Crippen molar-refractivity contribution in [3.8, 4) is 11.6 Å². The second-order valence-corrected chi connectivity index (χ2v) is 10.2. The highest BCUT2D eigenvalue weighted by Gasteiger charge is 2.20. The molecular weight excluding hydrogens is 525 g/mol. The van der Waals surface area contributed by atoms with Crippen molar-refractivity contribution in [2.24, 2.45) is 0 Å². The number of hydrogen-bond acceptors (Lipinski definition) is 8. The van der Waals surface area contributed by atoms with Gasteiger partial charge >= 0.3 is 0 Å². The Kier molecular flexibility index (Phi) is 7.93. The third-order valence-electron chi connectivity index (χ3n) is 7.29. The number of nitrogens with zero attached hydrogens (tertiary/aromatic N) is 4. The van der Waals surface area contributed by atoms with E-state index in [0.29, 0.717) is 43.0 Å². The van der Waals surface area contributed by atoms with Crippen molar-refractivity contribution in [1.82, 2.24) is 9.97 Å². The Labute approximate surface area is 237 Å². The second kappa shape index (κ2) is 12.1. The molecule has 0 unspecified atom stereocenters. The summed E-state index contributed by atoms with van der Waals surface area (Å²) in [6.07, 6.45) is 4.63. The van der Waals surface area contributed by atoms with E-state index >= 15 is 0 Å². The summed E-state index contributed by atoms with van der Waals surface area (Å²) in [5.41, 5.74) is 1.61. The molecule has 1 amide bonds. The number of fused-ring (bicyclic) bond motifs is 1. The molecule has 212 valence electrons. The van der Waals surface area contributed by atoms with Crippen LogP contribution in [0.3, 0.4) is 0 Å². The highest BCUT2D eigenvalue weighted by Crippen LogP contribution is 2.34. The summed E-state index contributed by atoms with van der Waals surface area (Å²) in [6.45, 7) is 3.38. The number of benzene rings is 3. The zero-order valence-corrected chi connectivity index (χ0v) is 22.9. The van der Waals surface area contributed by atoms with E-state index in [1.165, 1.54) is 18.6 Å². The minimum atomic E-state index is -0.426. The molecule has 0 aliphatic carbocycles. The summed E-state index contributed by atoms with van der Waals surface area (Å²) >= 11 is 0. The van der Waals surface area contributed by atoms with Crippen LogP contribution in [0.2, 0.25) is 0 Å². The van der Waals surface area contributed by atoms with Gasteiger partial charge in [-0.15, -0.1) is 0 Å². The fraction of sp³-hybridized carbons (Fsp3) is 0.323. The predicted molar refractivity (Wildman–Crippen MR) is 155 cm³/mol. The smallest absolute Gasteiger partial charge is 0.255 e. The normalized spacial score (nSPS) is 15.7. The molecule has 6 rings (SSSR count).